The van der Waals surface area contributed by atoms with E-state index in [9.17, 15) is 9.90 Å². The molecule has 2 N–H and O–H groups in total. The first-order valence-electron chi connectivity index (χ1n) is 6.65. The summed E-state index contributed by atoms with van der Waals surface area (Å²) in [6.45, 7) is 3.84. The van der Waals surface area contributed by atoms with E-state index >= 15 is 0 Å². The van der Waals surface area contributed by atoms with E-state index in [0.29, 0.717) is 17.7 Å². The average Bonchev–Trinajstić information content (AvgIpc) is 2.93. The Labute approximate surface area is 118 Å². The molecule has 1 amide bonds. The van der Waals surface area contributed by atoms with Crippen molar-refractivity contribution in [1.29, 1.82) is 0 Å². The van der Waals surface area contributed by atoms with Crippen LogP contribution in [0.3, 0.4) is 0 Å². The van der Waals surface area contributed by atoms with Crippen LogP contribution < -0.4 is 5.32 Å². The second-order valence-corrected chi connectivity index (χ2v) is 5.01. The van der Waals surface area contributed by atoms with Crippen molar-refractivity contribution in [3.05, 3.63) is 59.5 Å². The first-order valence-corrected chi connectivity index (χ1v) is 6.65. The summed E-state index contributed by atoms with van der Waals surface area (Å²) in [7, 11) is 0. The smallest absolute Gasteiger partial charge is 0.251 e. The van der Waals surface area contributed by atoms with E-state index < -0.39 is 6.10 Å². The van der Waals surface area contributed by atoms with Gasteiger partial charge in [0.1, 0.15) is 11.9 Å². The number of furan rings is 1. The van der Waals surface area contributed by atoms with Gasteiger partial charge in [0.25, 0.3) is 5.91 Å². The molecule has 4 nitrogen and oxygen atoms in total. The normalized spacial score (nSPS) is 13.8. The summed E-state index contributed by atoms with van der Waals surface area (Å²) in [4.78, 5) is 12.0. The molecule has 20 heavy (non-hydrogen) atoms. The van der Waals surface area contributed by atoms with Gasteiger partial charge in [0, 0.05) is 18.0 Å². The largest absolute Gasteiger partial charge is 0.467 e. The van der Waals surface area contributed by atoms with Gasteiger partial charge in [0.05, 0.1) is 6.26 Å². The molecule has 0 bridgehead atoms. The van der Waals surface area contributed by atoms with Crippen molar-refractivity contribution in [3.8, 4) is 0 Å². The molecule has 0 aliphatic heterocycles. The number of hydrogen-bond acceptors (Lipinski definition) is 3. The molecule has 1 aromatic carbocycles. The highest BCUT2D eigenvalue weighted by Crippen LogP contribution is 2.18. The predicted octanol–water partition coefficient (Wildman–Crippen LogP) is 2.83. The highest BCUT2D eigenvalue weighted by atomic mass is 16.4. The Hall–Kier alpha value is -2.07. The van der Waals surface area contributed by atoms with Crippen LogP contribution in [0.4, 0.5) is 0 Å². The van der Waals surface area contributed by atoms with Crippen molar-refractivity contribution < 1.29 is 14.3 Å². The van der Waals surface area contributed by atoms with Gasteiger partial charge in [-0.15, -0.1) is 0 Å². The third-order valence-corrected chi connectivity index (χ3v) is 3.14. The first-order chi connectivity index (χ1) is 9.56. The topological polar surface area (TPSA) is 62.5 Å². The fourth-order valence-corrected chi connectivity index (χ4v) is 2.00. The minimum Gasteiger partial charge on any atom is -0.467 e. The van der Waals surface area contributed by atoms with Crippen LogP contribution in [-0.4, -0.2) is 17.1 Å². The van der Waals surface area contributed by atoms with Crippen molar-refractivity contribution in [2.45, 2.75) is 32.4 Å². The number of aryl methyl sites for hydroxylation is 1. The fraction of sp³-hybridized carbons (Fsp3) is 0.312. The Morgan fingerprint density at radius 1 is 1.30 bits per heavy atom. The number of carbonyl (C=O) groups excluding carboxylic acids is 1. The summed E-state index contributed by atoms with van der Waals surface area (Å²) in [6, 6.07) is 10.7. The van der Waals surface area contributed by atoms with Crippen LogP contribution in [0.15, 0.2) is 47.1 Å². The van der Waals surface area contributed by atoms with E-state index in [-0.39, 0.29) is 11.9 Å². The molecule has 106 valence electrons. The number of carbonyl (C=O) groups is 1. The average molecular weight is 273 g/mol. The molecule has 4 heteroatoms. The molecule has 1 aromatic heterocycles. The van der Waals surface area contributed by atoms with Crippen molar-refractivity contribution in [3.63, 3.8) is 0 Å². The van der Waals surface area contributed by atoms with Crippen molar-refractivity contribution in [2.24, 2.45) is 0 Å². The second kappa shape index (κ2) is 6.39. The molecule has 0 radical (unpaired) electrons. The van der Waals surface area contributed by atoms with Crippen LogP contribution >= 0.6 is 0 Å². The first kappa shape index (κ1) is 14.3. The van der Waals surface area contributed by atoms with Crippen LogP contribution in [0.1, 0.15) is 41.1 Å². The Balaban J connectivity index is 1.89. The van der Waals surface area contributed by atoms with Crippen molar-refractivity contribution >= 4 is 5.91 Å². The molecule has 0 fully saturated rings. The van der Waals surface area contributed by atoms with Gasteiger partial charge in [-0.1, -0.05) is 17.7 Å². The SMILES string of the molecule is Cc1ccc(C(=O)NC(C)CC(O)c2ccco2)cc1. The minimum atomic E-state index is -0.710. The van der Waals surface area contributed by atoms with E-state index in [1.165, 1.54) is 6.26 Å². The Kier molecular flexibility index (Phi) is 4.58. The molecule has 2 unspecified atom stereocenters. The van der Waals surface area contributed by atoms with Crippen LogP contribution in [0.5, 0.6) is 0 Å². The maximum Gasteiger partial charge on any atom is 0.251 e. The maximum atomic E-state index is 12.0. The zero-order valence-corrected chi connectivity index (χ0v) is 11.7. The monoisotopic (exact) mass is 273 g/mol. The zero-order valence-electron chi connectivity index (χ0n) is 11.7. The summed E-state index contributed by atoms with van der Waals surface area (Å²) in [6.07, 6.45) is 1.22. The summed E-state index contributed by atoms with van der Waals surface area (Å²) in [5.41, 5.74) is 1.73. The summed E-state index contributed by atoms with van der Waals surface area (Å²) >= 11 is 0. The molecule has 0 saturated heterocycles. The van der Waals surface area contributed by atoms with Gasteiger partial charge >= 0.3 is 0 Å². The van der Waals surface area contributed by atoms with E-state index in [0.717, 1.165) is 5.56 Å². The standard InChI is InChI=1S/C16H19NO3/c1-11-5-7-13(8-6-11)16(19)17-12(2)10-14(18)15-4-3-9-20-15/h3-9,12,14,18H,10H2,1-2H3,(H,17,19). The number of aliphatic hydroxyl groups excluding tert-OH is 1. The Morgan fingerprint density at radius 3 is 2.60 bits per heavy atom. The summed E-state index contributed by atoms with van der Waals surface area (Å²) < 4.78 is 5.14. The van der Waals surface area contributed by atoms with E-state index in [2.05, 4.69) is 5.32 Å². The van der Waals surface area contributed by atoms with Crippen LogP contribution in [0.25, 0.3) is 0 Å². The zero-order chi connectivity index (χ0) is 14.5. The van der Waals surface area contributed by atoms with Gasteiger partial charge in [0.15, 0.2) is 0 Å². The molecular weight excluding hydrogens is 254 g/mol. The second-order valence-electron chi connectivity index (χ2n) is 5.01. The lowest BCUT2D eigenvalue weighted by Crippen LogP contribution is -2.33. The lowest BCUT2D eigenvalue weighted by molar-refractivity contribution is 0.0903. The van der Waals surface area contributed by atoms with Gasteiger partial charge < -0.3 is 14.8 Å². The van der Waals surface area contributed by atoms with Crippen LogP contribution in [0.2, 0.25) is 0 Å². The molecule has 2 rings (SSSR count). The molecule has 0 spiro atoms. The highest BCUT2D eigenvalue weighted by molar-refractivity contribution is 5.94. The van der Waals surface area contributed by atoms with E-state index in [4.69, 9.17) is 4.42 Å². The lowest BCUT2D eigenvalue weighted by Gasteiger charge is -2.16. The third kappa shape index (κ3) is 3.71. The number of nitrogens with one attached hydrogen (secondary N) is 1. The predicted molar refractivity (Wildman–Crippen MR) is 76.4 cm³/mol. The highest BCUT2D eigenvalue weighted by Gasteiger charge is 2.16. The van der Waals surface area contributed by atoms with Gasteiger partial charge in [-0.3, -0.25) is 4.79 Å². The number of benzene rings is 1. The molecule has 0 saturated carbocycles. The Morgan fingerprint density at radius 2 is 2.00 bits per heavy atom. The van der Waals surface area contributed by atoms with Gasteiger partial charge in [-0.25, -0.2) is 0 Å². The number of rotatable bonds is 5. The molecule has 2 aromatic rings. The number of aliphatic hydroxyl groups is 1. The van der Waals surface area contributed by atoms with Gasteiger partial charge in [-0.05, 0) is 38.1 Å². The third-order valence-electron chi connectivity index (χ3n) is 3.14. The van der Waals surface area contributed by atoms with Crippen molar-refractivity contribution in [1.82, 2.24) is 5.32 Å². The number of hydrogen-bond donors (Lipinski definition) is 2. The molecule has 0 aliphatic carbocycles. The molecule has 0 aliphatic rings. The van der Waals surface area contributed by atoms with Crippen LogP contribution in [0, 0.1) is 6.92 Å². The fourth-order valence-electron chi connectivity index (χ4n) is 2.00. The summed E-state index contributed by atoms with van der Waals surface area (Å²) in [5, 5.41) is 12.8. The van der Waals surface area contributed by atoms with E-state index in [1.807, 2.05) is 26.0 Å². The molecular formula is C16H19NO3. The van der Waals surface area contributed by atoms with Gasteiger partial charge in [0.2, 0.25) is 0 Å². The molecule has 1 heterocycles. The number of amides is 1. The molecule has 2 atom stereocenters. The van der Waals surface area contributed by atoms with Gasteiger partial charge in [-0.2, -0.15) is 0 Å². The minimum absolute atomic E-state index is 0.135. The maximum absolute atomic E-state index is 12.0. The summed E-state index contributed by atoms with van der Waals surface area (Å²) in [5.74, 6) is 0.380. The van der Waals surface area contributed by atoms with Crippen LogP contribution in [-0.2, 0) is 0 Å². The lowest BCUT2D eigenvalue weighted by atomic mass is 10.1. The van der Waals surface area contributed by atoms with Crippen molar-refractivity contribution in [2.75, 3.05) is 0 Å². The van der Waals surface area contributed by atoms with E-state index in [1.54, 1.807) is 24.3 Å². The quantitative estimate of drug-likeness (QED) is 0.880. The Bertz CT molecular complexity index is 546.